The molecule has 5 N–H and O–H groups in total. The van der Waals surface area contributed by atoms with Gasteiger partial charge in [0.2, 0.25) is 0 Å². The molecule has 2 heterocycles. The lowest BCUT2D eigenvalue weighted by Crippen LogP contribution is -2.57. The number of pyridine rings is 1. The Bertz CT molecular complexity index is 675. The van der Waals surface area contributed by atoms with Gasteiger partial charge in [0.25, 0.3) is 0 Å². The molecule has 1 aliphatic rings. The van der Waals surface area contributed by atoms with E-state index in [1.165, 1.54) is 0 Å². The molecule has 4 nitrogen and oxygen atoms in total. The van der Waals surface area contributed by atoms with Gasteiger partial charge in [-0.25, -0.2) is 0 Å². The van der Waals surface area contributed by atoms with Gasteiger partial charge in [0.1, 0.15) is 5.66 Å². The number of hydrogen-bond donors (Lipinski definition) is 3. The first-order chi connectivity index (χ1) is 9.17. The summed E-state index contributed by atoms with van der Waals surface area (Å²) in [4.78, 5) is 4.31. The molecule has 2 aromatic rings. The van der Waals surface area contributed by atoms with Crippen LogP contribution in [0.2, 0.25) is 0 Å². The molecule has 1 aromatic heterocycles. The van der Waals surface area contributed by atoms with Gasteiger partial charge in [-0.15, -0.1) is 0 Å². The fourth-order valence-corrected chi connectivity index (χ4v) is 2.29. The minimum Gasteiger partial charge on any atom is -0.399 e. The van der Waals surface area contributed by atoms with E-state index in [1.807, 2.05) is 42.6 Å². The van der Waals surface area contributed by atoms with E-state index >= 15 is 0 Å². The lowest BCUT2D eigenvalue weighted by atomic mass is 9.95. The van der Waals surface area contributed by atoms with Crippen molar-refractivity contribution in [1.82, 2.24) is 10.3 Å². The van der Waals surface area contributed by atoms with E-state index in [0.29, 0.717) is 12.1 Å². The molecule has 0 spiro atoms. The molecule has 19 heavy (non-hydrogen) atoms. The van der Waals surface area contributed by atoms with Crippen molar-refractivity contribution in [2.75, 3.05) is 0 Å². The van der Waals surface area contributed by atoms with Crippen LogP contribution >= 0.6 is 0 Å². The summed E-state index contributed by atoms with van der Waals surface area (Å²) in [5.41, 5.74) is 14.3. The summed E-state index contributed by atoms with van der Waals surface area (Å²) in [7, 11) is 0. The maximum Gasteiger partial charge on any atom is 0.130 e. The van der Waals surface area contributed by atoms with Crippen LogP contribution in [0.25, 0.3) is 10.9 Å². The molecule has 0 aliphatic carbocycles. The molecule has 0 saturated carbocycles. The Morgan fingerprint density at radius 2 is 2.16 bits per heavy atom. The monoisotopic (exact) mass is 252 g/mol. The first-order valence-electron chi connectivity index (χ1n) is 6.20. The predicted molar refractivity (Wildman–Crippen MR) is 76.9 cm³/mol. The van der Waals surface area contributed by atoms with E-state index in [9.17, 15) is 0 Å². The Hall–Kier alpha value is -2.33. The van der Waals surface area contributed by atoms with Crippen LogP contribution in [0.1, 0.15) is 5.56 Å². The van der Waals surface area contributed by atoms with E-state index in [4.69, 9.17) is 11.5 Å². The second kappa shape index (κ2) is 4.40. The van der Waals surface area contributed by atoms with Gasteiger partial charge in [0.15, 0.2) is 0 Å². The zero-order chi connectivity index (χ0) is 13.3. The van der Waals surface area contributed by atoms with Gasteiger partial charge in [0, 0.05) is 23.7 Å². The maximum absolute atomic E-state index is 6.31. The second-order valence-electron chi connectivity index (χ2n) is 4.80. The van der Waals surface area contributed by atoms with E-state index in [2.05, 4.69) is 16.4 Å². The Morgan fingerprint density at radius 3 is 3.00 bits per heavy atom. The van der Waals surface area contributed by atoms with Gasteiger partial charge >= 0.3 is 0 Å². The zero-order valence-electron chi connectivity index (χ0n) is 10.5. The van der Waals surface area contributed by atoms with Crippen LogP contribution in [-0.4, -0.2) is 10.6 Å². The van der Waals surface area contributed by atoms with Crippen LogP contribution in [-0.2, 0) is 6.42 Å². The fraction of sp³-hybridized carbons (Fsp3) is 0.133. The Labute approximate surface area is 111 Å². The van der Waals surface area contributed by atoms with Crippen LogP contribution in [0.4, 0.5) is 0 Å². The van der Waals surface area contributed by atoms with Gasteiger partial charge in [-0.1, -0.05) is 12.1 Å². The normalized spacial score (nSPS) is 22.1. The van der Waals surface area contributed by atoms with E-state index < -0.39 is 5.66 Å². The third-order valence-electron chi connectivity index (χ3n) is 3.38. The van der Waals surface area contributed by atoms with E-state index in [0.717, 1.165) is 16.5 Å². The maximum atomic E-state index is 6.31. The summed E-state index contributed by atoms with van der Waals surface area (Å²) >= 11 is 0. The van der Waals surface area contributed by atoms with Gasteiger partial charge < -0.3 is 16.8 Å². The number of rotatable bonds is 2. The number of dihydropyridines is 1. The molecule has 0 radical (unpaired) electrons. The van der Waals surface area contributed by atoms with Crippen LogP contribution in [0.3, 0.4) is 0 Å². The first kappa shape index (κ1) is 11.7. The topological polar surface area (TPSA) is 77.0 Å². The molecule has 0 bridgehead atoms. The fourth-order valence-electron chi connectivity index (χ4n) is 2.29. The Morgan fingerprint density at radius 1 is 1.26 bits per heavy atom. The van der Waals surface area contributed by atoms with Gasteiger partial charge in [-0.05, 0) is 42.1 Å². The van der Waals surface area contributed by atoms with Gasteiger partial charge in [-0.3, -0.25) is 4.98 Å². The number of nitrogens with two attached hydrogens (primary N) is 2. The number of allylic oxidation sites excluding steroid dienone is 2. The van der Waals surface area contributed by atoms with Crippen molar-refractivity contribution in [3.8, 4) is 0 Å². The molecule has 1 aromatic carbocycles. The summed E-state index contributed by atoms with van der Waals surface area (Å²) in [6.45, 7) is 0. The molecule has 1 atom stereocenters. The highest BCUT2D eigenvalue weighted by Gasteiger charge is 2.28. The van der Waals surface area contributed by atoms with Crippen molar-refractivity contribution < 1.29 is 0 Å². The van der Waals surface area contributed by atoms with E-state index in [1.54, 1.807) is 6.20 Å². The summed E-state index contributed by atoms with van der Waals surface area (Å²) < 4.78 is 0. The highest BCUT2D eigenvalue weighted by atomic mass is 15.1. The zero-order valence-corrected chi connectivity index (χ0v) is 10.5. The van der Waals surface area contributed by atoms with Crippen LogP contribution < -0.4 is 16.8 Å². The van der Waals surface area contributed by atoms with Crippen molar-refractivity contribution in [3.05, 3.63) is 66.1 Å². The number of nitrogens with one attached hydrogen (secondary N) is 1. The molecule has 96 valence electrons. The van der Waals surface area contributed by atoms with Crippen molar-refractivity contribution in [1.29, 1.82) is 0 Å². The summed E-state index contributed by atoms with van der Waals surface area (Å²) in [6, 6.07) is 10.1. The van der Waals surface area contributed by atoms with Crippen molar-refractivity contribution in [2.24, 2.45) is 11.5 Å². The largest absolute Gasteiger partial charge is 0.399 e. The third kappa shape index (κ3) is 2.18. The number of nitrogens with zero attached hydrogens (tertiary/aromatic N) is 1. The average Bonchev–Trinajstić information content (AvgIpc) is 2.42. The highest BCUT2D eigenvalue weighted by molar-refractivity contribution is 5.78. The quantitative estimate of drug-likeness (QED) is 0.755. The lowest BCUT2D eigenvalue weighted by molar-refractivity contribution is 0.433. The standard InChI is InChI=1S/C15H16N4/c16-14-4-2-8-19-15(14,17)10-11-5-6-13-12(9-11)3-1-7-18-13/h1-9,19H,10,16-17H2. The molecule has 0 fully saturated rings. The molecular formula is C15H16N4. The van der Waals surface area contributed by atoms with Crippen molar-refractivity contribution >= 4 is 10.9 Å². The molecule has 4 heteroatoms. The molecule has 0 saturated heterocycles. The molecule has 1 unspecified atom stereocenters. The summed E-state index contributed by atoms with van der Waals surface area (Å²) in [5.74, 6) is 0. The first-order valence-corrected chi connectivity index (χ1v) is 6.20. The summed E-state index contributed by atoms with van der Waals surface area (Å²) in [5, 5.41) is 4.24. The number of benzene rings is 1. The Balaban J connectivity index is 1.93. The SMILES string of the molecule is NC1=CC=CNC1(N)Cc1ccc2ncccc2c1. The minimum absolute atomic E-state index is 0.629. The molecule has 0 amide bonds. The molecule has 3 rings (SSSR count). The average molecular weight is 252 g/mol. The van der Waals surface area contributed by atoms with Gasteiger partial charge in [-0.2, -0.15) is 0 Å². The smallest absolute Gasteiger partial charge is 0.130 e. The van der Waals surface area contributed by atoms with Crippen molar-refractivity contribution in [3.63, 3.8) is 0 Å². The Kier molecular flexibility index (Phi) is 2.72. The predicted octanol–water partition coefficient (Wildman–Crippen LogP) is 1.39. The van der Waals surface area contributed by atoms with E-state index in [-0.39, 0.29) is 0 Å². The van der Waals surface area contributed by atoms with Crippen LogP contribution in [0.15, 0.2) is 60.6 Å². The lowest BCUT2D eigenvalue weighted by Gasteiger charge is -2.32. The minimum atomic E-state index is -0.718. The van der Waals surface area contributed by atoms with Crippen molar-refractivity contribution in [2.45, 2.75) is 12.1 Å². The molecular weight excluding hydrogens is 236 g/mol. The number of fused-ring (bicyclic) bond motifs is 1. The highest BCUT2D eigenvalue weighted by Crippen LogP contribution is 2.20. The van der Waals surface area contributed by atoms with Crippen LogP contribution in [0, 0.1) is 0 Å². The second-order valence-corrected chi connectivity index (χ2v) is 4.80. The van der Waals surface area contributed by atoms with Gasteiger partial charge in [0.05, 0.1) is 5.52 Å². The number of hydrogen-bond acceptors (Lipinski definition) is 4. The van der Waals surface area contributed by atoms with Crippen LogP contribution in [0.5, 0.6) is 0 Å². The molecule has 1 aliphatic heterocycles. The summed E-state index contributed by atoms with van der Waals surface area (Å²) in [6.07, 6.45) is 7.92. The number of aromatic nitrogens is 1. The third-order valence-corrected chi connectivity index (χ3v) is 3.38.